The first-order valence-corrected chi connectivity index (χ1v) is 6.17. The number of hydrogen-bond acceptors (Lipinski definition) is 3. The first-order valence-electron chi connectivity index (χ1n) is 6.17. The second kappa shape index (κ2) is 4.62. The highest BCUT2D eigenvalue weighted by Gasteiger charge is 2.24. The Morgan fingerprint density at radius 2 is 2.21 bits per heavy atom. The lowest BCUT2D eigenvalue weighted by Gasteiger charge is -1.99. The molecule has 0 aliphatic heterocycles. The molecule has 1 heterocycles. The second-order valence-corrected chi connectivity index (χ2v) is 4.60. The lowest BCUT2D eigenvalue weighted by Crippen LogP contribution is -2.26. The first kappa shape index (κ1) is 11.5. The van der Waals surface area contributed by atoms with E-state index in [9.17, 15) is 4.79 Å². The van der Waals surface area contributed by atoms with Crippen molar-refractivity contribution in [2.45, 2.75) is 18.9 Å². The smallest absolute Gasteiger partial charge is 0.262 e. The Kier molecular flexibility index (Phi) is 2.81. The number of benzene rings is 1. The molecular weight excluding hydrogens is 240 g/mol. The first-order chi connectivity index (χ1) is 9.26. The van der Waals surface area contributed by atoms with E-state index >= 15 is 0 Å². The van der Waals surface area contributed by atoms with E-state index in [-0.39, 0.29) is 17.5 Å². The fraction of sp³-hybridized carbons (Fsp3) is 0.200. The summed E-state index contributed by atoms with van der Waals surface area (Å²) >= 11 is 0. The van der Waals surface area contributed by atoms with Gasteiger partial charge in [0.05, 0.1) is 0 Å². The molecule has 0 radical (unpaired) electrons. The van der Waals surface area contributed by atoms with Gasteiger partial charge in [-0.05, 0) is 25.0 Å². The van der Waals surface area contributed by atoms with E-state index in [0.29, 0.717) is 5.76 Å². The van der Waals surface area contributed by atoms with Crippen LogP contribution in [-0.2, 0) is 4.79 Å². The monoisotopic (exact) mass is 252 g/mol. The summed E-state index contributed by atoms with van der Waals surface area (Å²) in [7, 11) is 0. The van der Waals surface area contributed by atoms with Crippen LogP contribution in [0.2, 0.25) is 0 Å². The number of amides is 1. The molecule has 4 nitrogen and oxygen atoms in total. The number of nitriles is 1. The van der Waals surface area contributed by atoms with Gasteiger partial charge in [0.25, 0.3) is 5.91 Å². The van der Waals surface area contributed by atoms with E-state index in [2.05, 4.69) is 5.32 Å². The molecule has 0 atom stereocenters. The number of carbonyl (C=O) groups is 1. The van der Waals surface area contributed by atoms with Crippen molar-refractivity contribution in [3.8, 4) is 6.07 Å². The molecule has 1 aromatic carbocycles. The Labute approximate surface area is 110 Å². The van der Waals surface area contributed by atoms with Gasteiger partial charge in [0.2, 0.25) is 0 Å². The summed E-state index contributed by atoms with van der Waals surface area (Å²) in [4.78, 5) is 11.8. The highest BCUT2D eigenvalue weighted by atomic mass is 16.3. The number of hydrogen-bond donors (Lipinski definition) is 1. The zero-order valence-corrected chi connectivity index (χ0v) is 10.2. The molecule has 0 unspecified atom stereocenters. The quantitative estimate of drug-likeness (QED) is 0.674. The summed E-state index contributed by atoms with van der Waals surface area (Å²) < 4.78 is 5.56. The van der Waals surface area contributed by atoms with Crippen LogP contribution in [0.1, 0.15) is 18.6 Å². The molecule has 1 amide bonds. The van der Waals surface area contributed by atoms with Crippen molar-refractivity contribution >= 4 is 23.0 Å². The van der Waals surface area contributed by atoms with Crippen molar-refractivity contribution in [3.63, 3.8) is 0 Å². The molecule has 4 heteroatoms. The van der Waals surface area contributed by atoms with E-state index in [1.54, 1.807) is 0 Å². The zero-order valence-electron chi connectivity index (χ0n) is 10.2. The normalized spacial score (nSPS) is 15.2. The predicted molar refractivity (Wildman–Crippen MR) is 71.0 cm³/mol. The van der Waals surface area contributed by atoms with Gasteiger partial charge < -0.3 is 9.73 Å². The van der Waals surface area contributed by atoms with Crippen LogP contribution in [0, 0.1) is 11.3 Å². The number of nitrogens with zero attached hydrogens (tertiary/aromatic N) is 1. The summed E-state index contributed by atoms with van der Waals surface area (Å²) in [6, 6.07) is 11.5. The Morgan fingerprint density at radius 3 is 2.89 bits per heavy atom. The summed E-state index contributed by atoms with van der Waals surface area (Å²) in [6.45, 7) is 0. The van der Waals surface area contributed by atoms with Crippen molar-refractivity contribution < 1.29 is 9.21 Å². The van der Waals surface area contributed by atoms with E-state index in [0.717, 1.165) is 23.8 Å². The van der Waals surface area contributed by atoms with Gasteiger partial charge in [-0.25, -0.2) is 0 Å². The van der Waals surface area contributed by atoms with Gasteiger partial charge in [-0.15, -0.1) is 0 Å². The molecule has 0 bridgehead atoms. The third-order valence-electron chi connectivity index (χ3n) is 3.01. The van der Waals surface area contributed by atoms with Crippen LogP contribution in [0.4, 0.5) is 0 Å². The molecule has 1 saturated carbocycles. The number of fused-ring (bicyclic) bond motifs is 1. The molecule has 2 aromatic rings. The van der Waals surface area contributed by atoms with Crippen molar-refractivity contribution in [1.29, 1.82) is 5.26 Å². The van der Waals surface area contributed by atoms with Gasteiger partial charge in [-0.1, -0.05) is 18.2 Å². The number of para-hydroxylation sites is 1. The SMILES string of the molecule is N#C/C(=C\c1cc2ccccc2o1)C(=O)NC1CC1. The van der Waals surface area contributed by atoms with Crippen molar-refractivity contribution in [1.82, 2.24) is 5.32 Å². The summed E-state index contributed by atoms with van der Waals surface area (Å²) in [5.41, 5.74) is 0.819. The minimum Gasteiger partial charge on any atom is -0.457 e. The van der Waals surface area contributed by atoms with Crippen LogP contribution in [0.5, 0.6) is 0 Å². The maximum absolute atomic E-state index is 11.8. The Balaban J connectivity index is 1.88. The van der Waals surface area contributed by atoms with Gasteiger partial charge in [-0.3, -0.25) is 4.79 Å². The maximum atomic E-state index is 11.8. The van der Waals surface area contributed by atoms with E-state index in [4.69, 9.17) is 9.68 Å². The van der Waals surface area contributed by atoms with Gasteiger partial charge in [0, 0.05) is 17.5 Å². The van der Waals surface area contributed by atoms with Crippen molar-refractivity contribution in [2.24, 2.45) is 0 Å². The average Bonchev–Trinajstić information content (AvgIpc) is 3.12. The molecule has 19 heavy (non-hydrogen) atoms. The molecule has 0 saturated heterocycles. The van der Waals surface area contributed by atoms with E-state index in [1.165, 1.54) is 6.08 Å². The average molecular weight is 252 g/mol. The summed E-state index contributed by atoms with van der Waals surface area (Å²) in [5.74, 6) is 0.189. The van der Waals surface area contributed by atoms with Crippen LogP contribution in [0.15, 0.2) is 40.3 Å². The minimum atomic E-state index is -0.328. The molecule has 1 fully saturated rings. The molecule has 3 rings (SSSR count). The number of furan rings is 1. The minimum absolute atomic E-state index is 0.0750. The maximum Gasteiger partial charge on any atom is 0.262 e. The van der Waals surface area contributed by atoms with E-state index < -0.39 is 0 Å². The zero-order chi connectivity index (χ0) is 13.2. The largest absolute Gasteiger partial charge is 0.457 e. The van der Waals surface area contributed by atoms with Gasteiger partial charge in [0.1, 0.15) is 23.0 Å². The molecule has 1 aliphatic rings. The lowest BCUT2D eigenvalue weighted by atomic mass is 10.2. The van der Waals surface area contributed by atoms with Gasteiger partial charge >= 0.3 is 0 Å². The number of carbonyl (C=O) groups excluding carboxylic acids is 1. The molecule has 94 valence electrons. The van der Waals surface area contributed by atoms with Crippen LogP contribution in [-0.4, -0.2) is 11.9 Å². The Bertz CT molecular complexity index is 669. The fourth-order valence-corrected chi connectivity index (χ4v) is 1.86. The fourth-order valence-electron chi connectivity index (χ4n) is 1.86. The number of nitrogens with one attached hydrogen (secondary N) is 1. The van der Waals surface area contributed by atoms with Gasteiger partial charge in [-0.2, -0.15) is 5.26 Å². The van der Waals surface area contributed by atoms with Gasteiger partial charge in [0.15, 0.2) is 0 Å². The molecule has 1 aliphatic carbocycles. The third-order valence-corrected chi connectivity index (χ3v) is 3.01. The van der Waals surface area contributed by atoms with Crippen LogP contribution >= 0.6 is 0 Å². The third kappa shape index (κ3) is 2.50. The van der Waals surface area contributed by atoms with Crippen LogP contribution in [0.25, 0.3) is 17.0 Å². The second-order valence-electron chi connectivity index (χ2n) is 4.60. The van der Waals surface area contributed by atoms with Crippen LogP contribution in [0.3, 0.4) is 0 Å². The highest BCUT2D eigenvalue weighted by Crippen LogP contribution is 2.22. The standard InChI is InChI=1S/C15H12N2O2/c16-9-11(15(18)17-12-5-6-12)8-13-7-10-3-1-2-4-14(10)19-13/h1-4,7-8,12H,5-6H2,(H,17,18)/b11-8+. The summed E-state index contributed by atoms with van der Waals surface area (Å²) in [5, 5.41) is 12.8. The predicted octanol–water partition coefficient (Wildman–Crippen LogP) is 2.62. The summed E-state index contributed by atoms with van der Waals surface area (Å²) in [6.07, 6.45) is 3.47. The molecule has 1 N–H and O–H groups in total. The molecule has 1 aromatic heterocycles. The highest BCUT2D eigenvalue weighted by molar-refractivity contribution is 6.02. The van der Waals surface area contributed by atoms with E-state index in [1.807, 2.05) is 36.4 Å². The topological polar surface area (TPSA) is 66.0 Å². The Morgan fingerprint density at radius 1 is 1.42 bits per heavy atom. The van der Waals surface area contributed by atoms with Crippen LogP contribution < -0.4 is 5.32 Å². The molecule has 0 spiro atoms. The van der Waals surface area contributed by atoms with Crippen molar-refractivity contribution in [3.05, 3.63) is 41.7 Å². The van der Waals surface area contributed by atoms with Crippen molar-refractivity contribution in [2.75, 3.05) is 0 Å². The molecular formula is C15H12N2O2. The Hall–Kier alpha value is -2.54. The number of rotatable bonds is 3. The lowest BCUT2D eigenvalue weighted by molar-refractivity contribution is -0.117.